The predicted octanol–water partition coefficient (Wildman–Crippen LogP) is 2.21. The van der Waals surface area contributed by atoms with Gasteiger partial charge in [0.2, 0.25) is 0 Å². The first-order valence-electron chi connectivity index (χ1n) is 6.66. The Morgan fingerprint density at radius 1 is 1.58 bits per heavy atom. The van der Waals surface area contributed by atoms with E-state index in [1.54, 1.807) is 10.9 Å². The number of hydrogen-bond donors (Lipinski definition) is 1. The average molecular weight is 260 g/mol. The molecule has 0 atom stereocenters. The Kier molecular flexibility index (Phi) is 4.63. The van der Waals surface area contributed by atoms with Gasteiger partial charge in [-0.2, -0.15) is 5.10 Å². The number of nitrogens with two attached hydrogens (primary N) is 1. The molecule has 2 N–H and O–H groups in total. The van der Waals surface area contributed by atoms with Crippen LogP contribution in [-0.2, 0) is 11.5 Å². The zero-order chi connectivity index (χ0) is 13.7. The maximum atomic E-state index is 11.3. The molecule has 1 saturated carbocycles. The lowest BCUT2D eigenvalue weighted by molar-refractivity contribution is -0.120. The lowest BCUT2D eigenvalue weighted by Gasteiger charge is -2.22. The first kappa shape index (κ1) is 13.7. The van der Waals surface area contributed by atoms with E-state index in [9.17, 15) is 4.79 Å². The fraction of sp³-hybridized carbons (Fsp3) is 0.500. The Morgan fingerprint density at radius 2 is 2.32 bits per heavy atom. The summed E-state index contributed by atoms with van der Waals surface area (Å²) in [4.78, 5) is 16.0. The van der Waals surface area contributed by atoms with Gasteiger partial charge in [-0.25, -0.2) is 9.67 Å². The molecule has 0 spiro atoms. The largest absolute Gasteiger partial charge is 0.312 e. The zero-order valence-electron chi connectivity index (χ0n) is 11.1. The van der Waals surface area contributed by atoms with E-state index in [1.807, 2.05) is 12.1 Å². The van der Waals surface area contributed by atoms with Crippen LogP contribution < -0.4 is 5.73 Å². The van der Waals surface area contributed by atoms with Crippen LogP contribution in [0.3, 0.4) is 0 Å². The molecule has 5 nitrogen and oxygen atoms in total. The lowest BCUT2D eigenvalue weighted by Crippen LogP contribution is -2.21. The smallest absolute Gasteiger partial charge is 0.151 e. The third-order valence-electron chi connectivity index (χ3n) is 3.49. The average Bonchev–Trinajstić information content (AvgIpc) is 2.86. The van der Waals surface area contributed by atoms with Crippen LogP contribution in [0.1, 0.15) is 32.1 Å². The highest BCUT2D eigenvalue weighted by molar-refractivity contribution is 5.91. The molecule has 2 rings (SSSR count). The molecule has 1 aromatic rings. The molecule has 0 radical (unpaired) electrons. The molecule has 1 aliphatic carbocycles. The molecule has 1 aromatic heterocycles. The monoisotopic (exact) mass is 260 g/mol. The number of aromatic nitrogens is 2. The van der Waals surface area contributed by atoms with Gasteiger partial charge in [-0.1, -0.05) is 6.08 Å². The van der Waals surface area contributed by atoms with Crippen LogP contribution in [-0.4, -0.2) is 21.3 Å². The highest BCUT2D eigenvalue weighted by atomic mass is 16.1. The van der Waals surface area contributed by atoms with Crippen molar-refractivity contribution in [3.63, 3.8) is 0 Å². The maximum Gasteiger partial charge on any atom is 0.151 e. The number of allylic oxidation sites excluding steroid dienone is 1. The van der Waals surface area contributed by atoms with Crippen molar-refractivity contribution < 1.29 is 4.79 Å². The summed E-state index contributed by atoms with van der Waals surface area (Å²) in [6, 6.07) is 1.85. The third kappa shape index (κ3) is 3.38. The number of nitrogens with zero attached hydrogens (tertiary/aromatic N) is 3. The fourth-order valence-electron chi connectivity index (χ4n) is 2.43. The highest BCUT2D eigenvalue weighted by Gasteiger charge is 2.22. The van der Waals surface area contributed by atoms with Crippen molar-refractivity contribution in [2.24, 2.45) is 16.6 Å². The summed E-state index contributed by atoms with van der Waals surface area (Å²) in [5, 5.41) is 4.11. The van der Waals surface area contributed by atoms with Crippen molar-refractivity contribution >= 4 is 17.3 Å². The van der Waals surface area contributed by atoms with Gasteiger partial charge in [0.1, 0.15) is 5.78 Å². The number of carbonyl (C=O) groups excluding carboxylic acids is 1. The molecule has 0 saturated heterocycles. The van der Waals surface area contributed by atoms with Gasteiger partial charge in [0, 0.05) is 31.0 Å². The van der Waals surface area contributed by atoms with Gasteiger partial charge in [0.25, 0.3) is 0 Å². The van der Waals surface area contributed by atoms with Crippen molar-refractivity contribution in [3.8, 4) is 0 Å². The zero-order valence-corrected chi connectivity index (χ0v) is 11.1. The quantitative estimate of drug-likeness (QED) is 0.651. The molecule has 0 aromatic carbocycles. The SMILES string of the molecule is C=CCC(=Nc1ccnn1CN)C1CCC(=O)CC1. The van der Waals surface area contributed by atoms with Crippen LogP contribution in [0.4, 0.5) is 5.82 Å². The molecule has 1 heterocycles. The summed E-state index contributed by atoms with van der Waals surface area (Å²) in [5.41, 5.74) is 6.69. The topological polar surface area (TPSA) is 73.3 Å². The number of carbonyl (C=O) groups is 1. The maximum absolute atomic E-state index is 11.3. The lowest BCUT2D eigenvalue weighted by atomic mass is 9.84. The number of ketones is 1. The second-order valence-electron chi connectivity index (χ2n) is 4.78. The molecule has 0 amide bonds. The third-order valence-corrected chi connectivity index (χ3v) is 3.49. The molecule has 1 aliphatic rings. The van der Waals surface area contributed by atoms with Crippen LogP contribution in [0.2, 0.25) is 0 Å². The summed E-state index contributed by atoms with van der Waals surface area (Å²) in [7, 11) is 0. The van der Waals surface area contributed by atoms with Crippen LogP contribution >= 0.6 is 0 Å². The van der Waals surface area contributed by atoms with E-state index in [2.05, 4.69) is 16.7 Å². The Hall–Kier alpha value is -1.75. The Labute approximate surface area is 113 Å². The minimum atomic E-state index is 0.316. The van der Waals surface area contributed by atoms with E-state index in [4.69, 9.17) is 5.73 Å². The molecule has 1 fully saturated rings. The van der Waals surface area contributed by atoms with E-state index >= 15 is 0 Å². The van der Waals surface area contributed by atoms with Crippen molar-refractivity contribution in [1.29, 1.82) is 0 Å². The molecule has 0 unspecified atom stereocenters. The minimum Gasteiger partial charge on any atom is -0.312 e. The minimum absolute atomic E-state index is 0.316. The standard InChI is InChI=1S/C14H20N4O/c1-2-3-13(11-4-6-12(19)7-5-11)17-14-8-9-16-18(14)10-15/h2,8-9,11H,1,3-7,10,15H2. The Balaban J connectivity index is 2.19. The normalized spacial score (nSPS) is 17.7. The molecular weight excluding hydrogens is 240 g/mol. The van der Waals surface area contributed by atoms with E-state index in [0.717, 1.165) is 30.8 Å². The predicted molar refractivity (Wildman–Crippen MR) is 75.3 cm³/mol. The van der Waals surface area contributed by atoms with Gasteiger partial charge in [-0.05, 0) is 18.8 Å². The second kappa shape index (κ2) is 6.43. The number of hydrogen-bond acceptors (Lipinski definition) is 4. The van der Waals surface area contributed by atoms with Crippen molar-refractivity contribution in [3.05, 3.63) is 24.9 Å². The summed E-state index contributed by atoms with van der Waals surface area (Å²) in [6.07, 6.45) is 7.41. The van der Waals surface area contributed by atoms with Gasteiger partial charge < -0.3 is 5.73 Å². The van der Waals surface area contributed by atoms with Crippen LogP contribution in [0.25, 0.3) is 0 Å². The molecule has 0 bridgehead atoms. The second-order valence-corrected chi connectivity index (χ2v) is 4.78. The van der Waals surface area contributed by atoms with Gasteiger partial charge in [0.15, 0.2) is 5.82 Å². The van der Waals surface area contributed by atoms with E-state index in [0.29, 0.717) is 31.2 Å². The molecule has 5 heteroatoms. The van der Waals surface area contributed by atoms with Gasteiger partial charge in [0.05, 0.1) is 12.9 Å². The van der Waals surface area contributed by atoms with Crippen molar-refractivity contribution in [2.45, 2.75) is 38.8 Å². The summed E-state index contributed by atoms with van der Waals surface area (Å²) in [6.45, 7) is 4.10. The van der Waals surface area contributed by atoms with Crippen LogP contribution in [0.5, 0.6) is 0 Å². The van der Waals surface area contributed by atoms with Crippen LogP contribution in [0.15, 0.2) is 29.9 Å². The number of Topliss-reactive ketones (excluding diaryl/α,β-unsaturated/α-hetero) is 1. The fourth-order valence-corrected chi connectivity index (χ4v) is 2.43. The first-order valence-corrected chi connectivity index (χ1v) is 6.66. The number of rotatable bonds is 5. The van der Waals surface area contributed by atoms with E-state index in [1.165, 1.54) is 0 Å². The first-order chi connectivity index (χ1) is 9.24. The number of aliphatic imine (C=N–C) groups is 1. The van der Waals surface area contributed by atoms with Crippen molar-refractivity contribution in [1.82, 2.24) is 9.78 Å². The van der Waals surface area contributed by atoms with Crippen LogP contribution in [0, 0.1) is 5.92 Å². The Morgan fingerprint density at radius 3 is 2.95 bits per heavy atom. The van der Waals surface area contributed by atoms with E-state index < -0.39 is 0 Å². The highest BCUT2D eigenvalue weighted by Crippen LogP contribution is 2.26. The summed E-state index contributed by atoms with van der Waals surface area (Å²) in [5.74, 6) is 1.51. The summed E-state index contributed by atoms with van der Waals surface area (Å²) < 4.78 is 1.66. The van der Waals surface area contributed by atoms with Crippen molar-refractivity contribution in [2.75, 3.05) is 0 Å². The van der Waals surface area contributed by atoms with Gasteiger partial charge >= 0.3 is 0 Å². The van der Waals surface area contributed by atoms with Gasteiger partial charge in [-0.3, -0.25) is 4.79 Å². The Bertz CT molecular complexity index is 479. The van der Waals surface area contributed by atoms with E-state index in [-0.39, 0.29) is 0 Å². The molecule has 19 heavy (non-hydrogen) atoms. The van der Waals surface area contributed by atoms with Gasteiger partial charge in [-0.15, -0.1) is 6.58 Å². The molecule has 102 valence electrons. The summed E-state index contributed by atoms with van der Waals surface area (Å²) >= 11 is 0. The molecule has 0 aliphatic heterocycles. The molecular formula is C14H20N4O.